The van der Waals surface area contributed by atoms with Crippen molar-refractivity contribution in [2.75, 3.05) is 18.8 Å². The van der Waals surface area contributed by atoms with Crippen LogP contribution in [0.4, 0.5) is 0 Å². The van der Waals surface area contributed by atoms with Crippen LogP contribution in [0.2, 0.25) is 0 Å². The average Bonchev–Trinajstić information content (AvgIpc) is 3.12. The number of thiophene rings is 1. The van der Waals surface area contributed by atoms with Gasteiger partial charge < -0.3 is 5.32 Å². The number of nitrogens with one attached hydrogen (secondary N) is 1. The third kappa shape index (κ3) is 3.39. The molecule has 0 aliphatic rings. The van der Waals surface area contributed by atoms with E-state index in [2.05, 4.69) is 32.3 Å². The fraction of sp³-hybridized carbons (Fsp3) is 0.286. The van der Waals surface area contributed by atoms with Gasteiger partial charge in [-0.25, -0.2) is 0 Å². The highest BCUT2D eigenvalue weighted by Crippen LogP contribution is 2.15. The fourth-order valence-electron chi connectivity index (χ4n) is 1.93. The van der Waals surface area contributed by atoms with Crippen molar-refractivity contribution >= 4 is 28.7 Å². The molecule has 0 unspecified atom stereocenters. The van der Waals surface area contributed by atoms with Gasteiger partial charge >= 0.3 is 0 Å². The molecule has 3 heterocycles. The van der Waals surface area contributed by atoms with Crippen LogP contribution in [-0.2, 0) is 6.42 Å². The molecule has 20 heavy (non-hydrogen) atoms. The lowest BCUT2D eigenvalue weighted by Crippen LogP contribution is -2.20. The van der Waals surface area contributed by atoms with Crippen molar-refractivity contribution in [2.45, 2.75) is 11.6 Å². The lowest BCUT2D eigenvalue weighted by molar-refractivity contribution is 0.721. The van der Waals surface area contributed by atoms with E-state index in [4.69, 9.17) is 0 Å². The molecule has 3 aromatic heterocycles. The summed E-state index contributed by atoms with van der Waals surface area (Å²) >= 11 is 3.49. The zero-order chi connectivity index (χ0) is 13.6. The number of aromatic nitrogens is 3. The molecule has 0 atom stereocenters. The number of nitrogens with zero attached hydrogens (tertiary/aromatic N) is 3. The Bertz CT molecular complexity index is 648. The Morgan fingerprint density at radius 1 is 1.20 bits per heavy atom. The van der Waals surface area contributed by atoms with Crippen molar-refractivity contribution in [1.82, 2.24) is 19.9 Å². The van der Waals surface area contributed by atoms with Crippen LogP contribution in [0.15, 0.2) is 46.4 Å². The molecule has 3 rings (SSSR count). The van der Waals surface area contributed by atoms with Crippen LogP contribution in [0.3, 0.4) is 0 Å². The summed E-state index contributed by atoms with van der Waals surface area (Å²) in [5, 5.41) is 17.1. The number of hydrogen-bond donors (Lipinski definition) is 1. The van der Waals surface area contributed by atoms with Gasteiger partial charge in [-0.3, -0.25) is 4.40 Å². The van der Waals surface area contributed by atoms with E-state index in [9.17, 15) is 0 Å². The molecule has 4 nitrogen and oxygen atoms in total. The summed E-state index contributed by atoms with van der Waals surface area (Å²) in [6.45, 7) is 2.01. The topological polar surface area (TPSA) is 42.2 Å². The van der Waals surface area contributed by atoms with E-state index < -0.39 is 0 Å². The minimum atomic E-state index is 0.903. The fourth-order valence-corrected chi connectivity index (χ4v) is 3.45. The summed E-state index contributed by atoms with van der Waals surface area (Å²) in [4.78, 5) is 0. The van der Waals surface area contributed by atoms with Crippen LogP contribution in [0.25, 0.3) is 5.65 Å². The van der Waals surface area contributed by atoms with Crippen LogP contribution >= 0.6 is 23.1 Å². The first kappa shape index (κ1) is 13.6. The molecule has 0 aromatic carbocycles. The maximum Gasteiger partial charge on any atom is 0.195 e. The third-order valence-corrected chi connectivity index (χ3v) is 4.64. The van der Waals surface area contributed by atoms with Gasteiger partial charge in [-0.1, -0.05) is 17.8 Å². The molecule has 0 saturated carbocycles. The van der Waals surface area contributed by atoms with Gasteiger partial charge in [-0.2, -0.15) is 11.3 Å². The molecular formula is C14H16N4S2. The molecule has 0 spiro atoms. The molecule has 0 radical (unpaired) electrons. The maximum atomic E-state index is 4.20. The van der Waals surface area contributed by atoms with Crippen LogP contribution in [0.1, 0.15) is 5.56 Å². The molecule has 6 heteroatoms. The van der Waals surface area contributed by atoms with Gasteiger partial charge in [0.25, 0.3) is 0 Å². The lowest BCUT2D eigenvalue weighted by atomic mass is 10.2. The summed E-state index contributed by atoms with van der Waals surface area (Å²) in [7, 11) is 0. The minimum absolute atomic E-state index is 0.903. The lowest BCUT2D eigenvalue weighted by Gasteiger charge is -2.03. The molecule has 0 aliphatic carbocycles. The highest BCUT2D eigenvalue weighted by molar-refractivity contribution is 7.99. The summed E-state index contributed by atoms with van der Waals surface area (Å²) < 4.78 is 2.02. The molecule has 0 amide bonds. The quantitative estimate of drug-likeness (QED) is 0.538. The molecule has 0 saturated heterocycles. The number of fused-ring (bicyclic) bond motifs is 1. The van der Waals surface area contributed by atoms with Gasteiger partial charge in [0.15, 0.2) is 10.8 Å². The zero-order valence-electron chi connectivity index (χ0n) is 11.0. The van der Waals surface area contributed by atoms with Crippen molar-refractivity contribution in [1.29, 1.82) is 0 Å². The van der Waals surface area contributed by atoms with E-state index in [1.165, 1.54) is 5.56 Å². The second kappa shape index (κ2) is 6.88. The van der Waals surface area contributed by atoms with Gasteiger partial charge in [0.05, 0.1) is 0 Å². The summed E-state index contributed by atoms with van der Waals surface area (Å²) in [5.74, 6) is 0.999. The second-order valence-corrected chi connectivity index (χ2v) is 6.23. The van der Waals surface area contributed by atoms with Crippen molar-refractivity contribution in [2.24, 2.45) is 0 Å². The van der Waals surface area contributed by atoms with E-state index in [1.807, 2.05) is 28.8 Å². The highest BCUT2D eigenvalue weighted by atomic mass is 32.2. The summed E-state index contributed by atoms with van der Waals surface area (Å²) in [6, 6.07) is 8.13. The van der Waals surface area contributed by atoms with Crippen LogP contribution in [0, 0.1) is 0 Å². The van der Waals surface area contributed by atoms with E-state index >= 15 is 0 Å². The van der Waals surface area contributed by atoms with Crippen molar-refractivity contribution in [3.05, 3.63) is 46.8 Å². The van der Waals surface area contributed by atoms with Gasteiger partial charge in [-0.15, -0.1) is 10.2 Å². The van der Waals surface area contributed by atoms with Gasteiger partial charge in [0.2, 0.25) is 0 Å². The normalized spacial score (nSPS) is 11.2. The summed E-state index contributed by atoms with van der Waals surface area (Å²) in [5.41, 5.74) is 2.32. The van der Waals surface area contributed by atoms with Crippen molar-refractivity contribution in [3.63, 3.8) is 0 Å². The smallest absolute Gasteiger partial charge is 0.195 e. The molecule has 0 aliphatic heterocycles. The minimum Gasteiger partial charge on any atom is -0.316 e. The SMILES string of the molecule is c1ccn2c(SCCNCCc3ccsc3)nnc2c1. The first-order valence-electron chi connectivity index (χ1n) is 6.58. The number of thioether (sulfide) groups is 1. The van der Waals surface area contributed by atoms with Crippen LogP contribution < -0.4 is 5.32 Å². The molecule has 104 valence electrons. The number of pyridine rings is 1. The standard InChI is InChI=1S/C14H16N4S2/c1-2-8-18-13(3-1)16-17-14(18)20-10-7-15-6-4-12-5-9-19-11-12/h1-3,5,8-9,11,15H,4,6-7,10H2. The number of hydrogen-bond acceptors (Lipinski definition) is 5. The predicted octanol–water partition coefficient (Wildman–Crippen LogP) is 2.72. The average molecular weight is 304 g/mol. The van der Waals surface area contributed by atoms with Crippen LogP contribution in [-0.4, -0.2) is 33.4 Å². The van der Waals surface area contributed by atoms with E-state index in [0.29, 0.717) is 0 Å². The Hall–Kier alpha value is -1.37. The van der Waals surface area contributed by atoms with Gasteiger partial charge in [-0.05, 0) is 47.5 Å². The summed E-state index contributed by atoms with van der Waals surface area (Å²) in [6.07, 6.45) is 3.10. The molecule has 0 fully saturated rings. The Labute approximate surface area is 126 Å². The Kier molecular flexibility index (Phi) is 4.68. The molecular weight excluding hydrogens is 288 g/mol. The Balaban J connectivity index is 1.39. The second-order valence-electron chi connectivity index (χ2n) is 4.39. The predicted molar refractivity (Wildman–Crippen MR) is 84.6 cm³/mol. The first-order chi connectivity index (χ1) is 9.93. The van der Waals surface area contributed by atoms with Gasteiger partial charge in [0, 0.05) is 18.5 Å². The third-order valence-electron chi connectivity index (χ3n) is 2.96. The van der Waals surface area contributed by atoms with E-state index in [1.54, 1.807) is 23.1 Å². The van der Waals surface area contributed by atoms with Crippen LogP contribution in [0.5, 0.6) is 0 Å². The van der Waals surface area contributed by atoms with E-state index in [0.717, 1.165) is 36.1 Å². The number of rotatable bonds is 7. The zero-order valence-corrected chi connectivity index (χ0v) is 12.7. The Morgan fingerprint density at radius 2 is 2.20 bits per heavy atom. The maximum absolute atomic E-state index is 4.20. The van der Waals surface area contributed by atoms with Gasteiger partial charge in [0.1, 0.15) is 0 Å². The monoisotopic (exact) mass is 304 g/mol. The Morgan fingerprint density at radius 3 is 3.10 bits per heavy atom. The molecule has 1 N–H and O–H groups in total. The molecule has 3 aromatic rings. The van der Waals surface area contributed by atoms with Crippen molar-refractivity contribution in [3.8, 4) is 0 Å². The highest BCUT2D eigenvalue weighted by Gasteiger charge is 2.04. The first-order valence-corrected chi connectivity index (χ1v) is 8.51. The molecule has 0 bridgehead atoms. The largest absolute Gasteiger partial charge is 0.316 e. The van der Waals surface area contributed by atoms with E-state index in [-0.39, 0.29) is 0 Å². The van der Waals surface area contributed by atoms with Crippen molar-refractivity contribution < 1.29 is 0 Å².